The van der Waals surface area contributed by atoms with Crippen LogP contribution in [0.1, 0.15) is 137 Å². The van der Waals surface area contributed by atoms with Crippen molar-refractivity contribution in [2.45, 2.75) is 211 Å². The van der Waals surface area contributed by atoms with Crippen molar-refractivity contribution < 1.29 is 82.2 Å². The standard InChI is InChI=1S/C59H94N4O18/c1-16-43-59(11,72)51(68)34(5)47(65)31(2)28-57(9,73-14)52(81-56-49(67)42(62(12)13)25-33(4)76-56)35(6)50(36(7)55(71)78-43)80-45-29-58(10,74-15)53(37(8)77-45)79-44(64)19-20-60-21-23-75-24-22-61-39-26-38-18-17-32(3)63-30-41(54(69)70)48(66)40(27-39)46(38)63/h26-27,30-37,42-43,45,49-53,56,60-61,67-68,72H,16-25,28-29H2,1-15H3,(H,69,70)/t31-,32?,33+,34+,35+,36-,37+,42-,43-,45+,49+,50+,51-,52-,53+,56-,57-,58-,59-/m1/s1. The van der Waals surface area contributed by atoms with Crippen molar-refractivity contribution in [3.8, 4) is 0 Å². The lowest BCUT2D eigenvalue weighted by atomic mass is 9.74. The molecule has 6 N–H and O–H groups in total. The van der Waals surface area contributed by atoms with E-state index in [2.05, 4.69) is 10.6 Å². The van der Waals surface area contributed by atoms with Crippen molar-refractivity contribution in [3.63, 3.8) is 0 Å². The van der Waals surface area contributed by atoms with Crippen LogP contribution in [0, 0.1) is 23.7 Å². The Labute approximate surface area is 477 Å². The molecular formula is C59H94N4O18. The normalized spacial score (nSPS) is 37.2. The SMILES string of the molecule is CC[C@H]1OC(=O)[C@H](C)[C@@H](O[C@H]2C[C@@](C)(OC)[C@@H](OC(=O)CCNCCOCCNc3cc4c5c(c3)c(=O)c(C(=O)O)cn5C(C)CC4)[C@H](C)O2)[C@H](C)[C@@H](O[C@H]2O[C@@H](C)C[C@@H](N(C)C)[C@@H]2O)[C@](C)(OC)C[C@@H](C)C(=O)[C@H](C)[C@@H](O)[C@]1(C)O. The number of cyclic esters (lactones) is 1. The quantitative estimate of drug-likeness (QED) is 0.0779. The van der Waals surface area contributed by atoms with Gasteiger partial charge in [-0.3, -0.25) is 19.2 Å². The van der Waals surface area contributed by atoms with E-state index in [1.54, 1.807) is 47.6 Å². The van der Waals surface area contributed by atoms with Crippen molar-refractivity contribution in [2.75, 3.05) is 66.5 Å². The third-order valence-corrected chi connectivity index (χ3v) is 17.7. The maximum atomic E-state index is 14.6. The number of anilines is 1. The zero-order valence-electron chi connectivity index (χ0n) is 50.4. The predicted octanol–water partition coefficient (Wildman–Crippen LogP) is 4.62. The number of pyridine rings is 1. The fraction of sp³-hybridized carbons (Fsp3) is 0.780. The van der Waals surface area contributed by atoms with Crippen LogP contribution in [0.2, 0.25) is 0 Å². The third-order valence-electron chi connectivity index (χ3n) is 17.7. The number of ketones is 1. The fourth-order valence-corrected chi connectivity index (χ4v) is 12.7. The predicted molar refractivity (Wildman–Crippen MR) is 300 cm³/mol. The summed E-state index contributed by atoms with van der Waals surface area (Å²) < 4.78 is 59.0. The molecule has 1 aromatic carbocycles. The van der Waals surface area contributed by atoms with Crippen LogP contribution < -0.4 is 16.1 Å². The molecule has 0 aliphatic carbocycles. The number of aromatic carboxylic acids is 1. The van der Waals surface area contributed by atoms with Crippen molar-refractivity contribution in [2.24, 2.45) is 23.7 Å². The molecule has 81 heavy (non-hydrogen) atoms. The highest BCUT2D eigenvalue weighted by Gasteiger charge is 2.55. The molecule has 6 rings (SSSR count). The van der Waals surface area contributed by atoms with Gasteiger partial charge in [0, 0.05) is 87.4 Å². The summed E-state index contributed by atoms with van der Waals surface area (Å²) in [5.74, 6) is -6.59. The number of nitrogens with zero attached hydrogens (tertiary/aromatic N) is 2. The maximum Gasteiger partial charge on any atom is 0.341 e. The monoisotopic (exact) mass is 1150 g/mol. The van der Waals surface area contributed by atoms with Crippen molar-refractivity contribution in [3.05, 3.63) is 39.7 Å². The average molecular weight is 1150 g/mol. The van der Waals surface area contributed by atoms with Crippen LogP contribution in [0.3, 0.4) is 0 Å². The minimum Gasteiger partial charge on any atom is -0.477 e. The topological polar surface area (TPSA) is 282 Å². The number of hydrogen-bond donors (Lipinski definition) is 6. The molecule has 5 heterocycles. The molecule has 22 heteroatoms. The number of nitrogens with one attached hydrogen (secondary N) is 2. The molecule has 3 fully saturated rings. The van der Waals surface area contributed by atoms with Crippen molar-refractivity contribution in [1.29, 1.82) is 0 Å². The molecule has 2 aromatic rings. The Morgan fingerprint density at radius 2 is 1.54 bits per heavy atom. The second kappa shape index (κ2) is 27.7. The van der Waals surface area contributed by atoms with Gasteiger partial charge >= 0.3 is 17.9 Å². The number of esters is 2. The zero-order valence-corrected chi connectivity index (χ0v) is 50.4. The molecule has 0 amide bonds. The highest BCUT2D eigenvalue weighted by Crippen LogP contribution is 2.43. The fourth-order valence-electron chi connectivity index (χ4n) is 12.7. The Balaban J connectivity index is 1.11. The number of rotatable bonds is 20. The molecule has 3 saturated heterocycles. The van der Waals surface area contributed by atoms with E-state index >= 15 is 0 Å². The molecule has 4 aliphatic rings. The van der Waals surface area contributed by atoms with Crippen LogP contribution in [0.15, 0.2) is 23.1 Å². The number of carbonyl (C=O) groups excluding carboxylic acids is 3. The molecule has 0 spiro atoms. The number of hydrogen-bond acceptors (Lipinski definition) is 20. The summed E-state index contributed by atoms with van der Waals surface area (Å²) in [5, 5.41) is 51.9. The van der Waals surface area contributed by atoms with Crippen LogP contribution in [0.25, 0.3) is 10.9 Å². The number of carboxylic acid groups (broad SMARTS) is 1. The molecule has 22 nitrogen and oxygen atoms in total. The molecule has 4 aliphatic heterocycles. The largest absolute Gasteiger partial charge is 0.477 e. The number of methoxy groups -OCH3 is 2. The van der Waals surface area contributed by atoms with Crippen LogP contribution in [-0.2, 0) is 63.4 Å². The summed E-state index contributed by atoms with van der Waals surface area (Å²) >= 11 is 0. The highest BCUT2D eigenvalue weighted by atomic mass is 16.7. The van der Waals surface area contributed by atoms with Gasteiger partial charge in [-0.1, -0.05) is 27.7 Å². The smallest absolute Gasteiger partial charge is 0.341 e. The van der Waals surface area contributed by atoms with E-state index in [1.165, 1.54) is 34.3 Å². The summed E-state index contributed by atoms with van der Waals surface area (Å²) in [7, 11) is 6.73. The molecule has 1 aromatic heterocycles. The van der Waals surface area contributed by atoms with Gasteiger partial charge < -0.3 is 83.2 Å². The Kier molecular flexibility index (Phi) is 22.6. The van der Waals surface area contributed by atoms with E-state index in [4.69, 9.17) is 42.6 Å². The zero-order chi connectivity index (χ0) is 60.1. The summed E-state index contributed by atoms with van der Waals surface area (Å²) in [4.78, 5) is 69.2. The number of ether oxygens (including phenoxy) is 9. The lowest BCUT2D eigenvalue weighted by Crippen LogP contribution is -2.61. The minimum absolute atomic E-state index is 0.0248. The second-order valence-electron chi connectivity index (χ2n) is 24.1. The van der Waals surface area contributed by atoms with Gasteiger partial charge in [0.2, 0.25) is 5.43 Å². The van der Waals surface area contributed by atoms with Gasteiger partial charge in [0.15, 0.2) is 18.7 Å². The third kappa shape index (κ3) is 14.9. The van der Waals surface area contributed by atoms with Gasteiger partial charge in [0.1, 0.15) is 34.8 Å². The maximum absolute atomic E-state index is 14.6. The number of carbonyl (C=O) groups is 4. The molecule has 458 valence electrons. The van der Waals surface area contributed by atoms with Crippen molar-refractivity contribution >= 4 is 40.3 Å². The average Bonchev–Trinajstić information content (AvgIpc) is 3.56. The number of likely N-dealkylation sites (N-methyl/N-ethyl adjacent to an activating group) is 1. The molecule has 1 unspecified atom stereocenters. The van der Waals surface area contributed by atoms with Crippen molar-refractivity contribution in [1.82, 2.24) is 14.8 Å². The molecule has 0 saturated carbocycles. The van der Waals surface area contributed by atoms with Crippen LogP contribution in [0.5, 0.6) is 0 Å². The number of benzene rings is 1. The van der Waals surface area contributed by atoms with Gasteiger partial charge in [-0.15, -0.1) is 0 Å². The van der Waals surface area contributed by atoms with E-state index in [1.807, 2.05) is 50.4 Å². The highest BCUT2D eigenvalue weighted by molar-refractivity contribution is 5.95. The lowest BCUT2D eigenvalue weighted by molar-refractivity contribution is -0.320. The van der Waals surface area contributed by atoms with Gasteiger partial charge in [-0.25, -0.2) is 4.79 Å². The first-order valence-electron chi connectivity index (χ1n) is 28.9. The van der Waals surface area contributed by atoms with Gasteiger partial charge in [0.05, 0.1) is 67.2 Å². The first-order chi connectivity index (χ1) is 38.0. The molecule has 0 bridgehead atoms. The second-order valence-corrected chi connectivity index (χ2v) is 24.1. The van der Waals surface area contributed by atoms with E-state index in [0.29, 0.717) is 50.3 Å². The number of aliphatic hydroxyl groups excluding tert-OH is 2. The lowest BCUT2D eigenvalue weighted by Gasteiger charge is -2.50. The first-order valence-corrected chi connectivity index (χ1v) is 28.9. The van der Waals surface area contributed by atoms with Crippen LogP contribution >= 0.6 is 0 Å². The number of aromatic nitrogens is 1. The van der Waals surface area contributed by atoms with E-state index in [0.717, 1.165) is 23.9 Å². The first kappa shape index (κ1) is 66.0. The number of aliphatic hydroxyl groups is 3. The van der Waals surface area contributed by atoms with E-state index in [9.17, 15) is 44.4 Å². The Bertz CT molecular complexity index is 2540. The summed E-state index contributed by atoms with van der Waals surface area (Å²) in [5.41, 5.74) is -2.81. The summed E-state index contributed by atoms with van der Waals surface area (Å²) in [6.45, 7) is 20.9. The number of Topliss-reactive ketones (excluding diaryl/α,β-unsaturated/α-hetero) is 1. The van der Waals surface area contributed by atoms with Crippen LogP contribution in [0.4, 0.5) is 5.69 Å². The van der Waals surface area contributed by atoms with Gasteiger partial charge in [-0.05, 0) is 112 Å². The number of carboxylic acids is 1. The Hall–Kier alpha value is -4.17. The molecule has 19 atom stereocenters. The molecule has 0 radical (unpaired) electrons. The Morgan fingerprint density at radius 1 is 0.877 bits per heavy atom. The number of aryl methyl sites for hydroxylation is 1. The Morgan fingerprint density at radius 3 is 2.19 bits per heavy atom. The van der Waals surface area contributed by atoms with Gasteiger partial charge in [0.25, 0.3) is 0 Å². The van der Waals surface area contributed by atoms with E-state index < -0.39 is 119 Å². The summed E-state index contributed by atoms with van der Waals surface area (Å²) in [6.07, 6.45) is -6.52. The van der Waals surface area contributed by atoms with E-state index in [-0.39, 0.29) is 55.2 Å². The minimum atomic E-state index is -2.03. The summed E-state index contributed by atoms with van der Waals surface area (Å²) in [6, 6.07) is 3.43. The molecular weight excluding hydrogens is 1050 g/mol. The van der Waals surface area contributed by atoms with Crippen LogP contribution in [-0.4, -0.2) is 199 Å². The van der Waals surface area contributed by atoms with Gasteiger partial charge in [-0.2, -0.15) is 0 Å².